The summed E-state index contributed by atoms with van der Waals surface area (Å²) < 4.78 is 5.22. The Labute approximate surface area is 100 Å². The molecule has 0 atom stereocenters. The van der Waals surface area contributed by atoms with Crippen molar-refractivity contribution in [3.63, 3.8) is 0 Å². The van der Waals surface area contributed by atoms with Crippen LogP contribution in [0.15, 0.2) is 36.5 Å². The van der Waals surface area contributed by atoms with Crippen LogP contribution in [0.4, 0.5) is 0 Å². The number of nitrogens with zero attached hydrogens (tertiary/aromatic N) is 2. The van der Waals surface area contributed by atoms with Gasteiger partial charge in [0.15, 0.2) is 0 Å². The minimum absolute atomic E-state index is 0.571. The zero-order valence-electron chi connectivity index (χ0n) is 9.77. The van der Waals surface area contributed by atoms with Crippen LogP contribution >= 0.6 is 0 Å². The highest BCUT2D eigenvalue weighted by Crippen LogP contribution is 2.28. The molecule has 2 aromatic rings. The van der Waals surface area contributed by atoms with Crippen molar-refractivity contribution < 1.29 is 4.74 Å². The van der Waals surface area contributed by atoms with E-state index in [1.165, 1.54) is 0 Å². The number of benzene rings is 1. The highest BCUT2D eigenvalue weighted by Gasteiger charge is 2.07. The van der Waals surface area contributed by atoms with Gasteiger partial charge in [0, 0.05) is 11.8 Å². The number of ether oxygens (including phenoxy) is 1. The van der Waals surface area contributed by atoms with Crippen LogP contribution in [0.1, 0.15) is 11.1 Å². The number of rotatable bonds is 2. The van der Waals surface area contributed by atoms with E-state index < -0.39 is 0 Å². The van der Waals surface area contributed by atoms with E-state index in [0.717, 1.165) is 16.7 Å². The Bertz CT molecular complexity index is 585. The van der Waals surface area contributed by atoms with Crippen molar-refractivity contribution >= 4 is 0 Å². The lowest BCUT2D eigenvalue weighted by molar-refractivity contribution is 0.399. The lowest BCUT2D eigenvalue weighted by Gasteiger charge is -2.08. The molecule has 0 bridgehead atoms. The molecule has 0 spiro atoms. The number of hydrogen-bond acceptors (Lipinski definition) is 3. The first-order chi connectivity index (χ1) is 8.24. The molecule has 3 heteroatoms. The molecule has 1 aromatic heterocycles. The molecule has 0 amide bonds. The second kappa shape index (κ2) is 4.67. The van der Waals surface area contributed by atoms with Crippen molar-refractivity contribution in [2.75, 3.05) is 7.11 Å². The van der Waals surface area contributed by atoms with Crippen LogP contribution in [0, 0.1) is 18.3 Å². The van der Waals surface area contributed by atoms with Gasteiger partial charge < -0.3 is 4.74 Å². The number of aromatic nitrogens is 1. The summed E-state index contributed by atoms with van der Waals surface area (Å²) in [5, 5.41) is 8.96. The average molecular weight is 224 g/mol. The zero-order chi connectivity index (χ0) is 12.3. The van der Waals surface area contributed by atoms with Gasteiger partial charge in [0.05, 0.1) is 18.7 Å². The molecule has 1 heterocycles. The molecular formula is C14H12N2O. The minimum atomic E-state index is 0.571. The monoisotopic (exact) mass is 224 g/mol. The van der Waals surface area contributed by atoms with Gasteiger partial charge in [0.2, 0.25) is 5.88 Å². The van der Waals surface area contributed by atoms with E-state index in [4.69, 9.17) is 10.00 Å². The molecule has 0 N–H and O–H groups in total. The number of pyridine rings is 1. The van der Waals surface area contributed by atoms with E-state index in [0.29, 0.717) is 11.4 Å². The molecule has 2 rings (SSSR count). The molecule has 0 fully saturated rings. The molecule has 1 aromatic carbocycles. The zero-order valence-corrected chi connectivity index (χ0v) is 9.77. The SMILES string of the molecule is COc1ncccc1-c1cc(C)cc(C#N)c1. The second-order valence-corrected chi connectivity index (χ2v) is 3.76. The first-order valence-electron chi connectivity index (χ1n) is 5.26. The largest absolute Gasteiger partial charge is 0.481 e. The molecule has 0 saturated carbocycles. The maximum absolute atomic E-state index is 8.96. The van der Waals surface area contributed by atoms with Crippen LogP contribution in [-0.2, 0) is 0 Å². The third-order valence-corrected chi connectivity index (χ3v) is 2.48. The summed E-state index contributed by atoms with van der Waals surface area (Å²) in [5.41, 5.74) is 3.54. The van der Waals surface area contributed by atoms with Crippen LogP contribution < -0.4 is 4.74 Å². The van der Waals surface area contributed by atoms with Crippen molar-refractivity contribution in [1.29, 1.82) is 5.26 Å². The van der Waals surface area contributed by atoms with Crippen molar-refractivity contribution in [1.82, 2.24) is 4.98 Å². The Balaban J connectivity index is 2.60. The molecule has 0 aliphatic carbocycles. The van der Waals surface area contributed by atoms with Gasteiger partial charge >= 0.3 is 0 Å². The molecule has 0 aliphatic rings. The third kappa shape index (κ3) is 2.26. The predicted octanol–water partition coefficient (Wildman–Crippen LogP) is 2.94. The van der Waals surface area contributed by atoms with Crippen LogP contribution in [0.2, 0.25) is 0 Å². The van der Waals surface area contributed by atoms with Crippen molar-refractivity contribution in [2.45, 2.75) is 6.92 Å². The first kappa shape index (κ1) is 11.2. The van der Waals surface area contributed by atoms with Crippen molar-refractivity contribution in [3.8, 4) is 23.1 Å². The highest BCUT2D eigenvalue weighted by molar-refractivity contribution is 5.70. The topological polar surface area (TPSA) is 45.9 Å². The maximum Gasteiger partial charge on any atom is 0.221 e. The van der Waals surface area contributed by atoms with Gasteiger partial charge in [-0.1, -0.05) is 6.07 Å². The fourth-order valence-corrected chi connectivity index (χ4v) is 1.78. The molecule has 0 aliphatic heterocycles. The number of aryl methyl sites for hydroxylation is 1. The molecule has 0 unspecified atom stereocenters. The maximum atomic E-state index is 8.96. The predicted molar refractivity (Wildman–Crippen MR) is 65.7 cm³/mol. The van der Waals surface area contributed by atoms with Crippen molar-refractivity contribution in [3.05, 3.63) is 47.7 Å². The molecule has 3 nitrogen and oxygen atoms in total. The normalized spacial score (nSPS) is 9.71. The van der Waals surface area contributed by atoms with Crippen LogP contribution in [-0.4, -0.2) is 12.1 Å². The van der Waals surface area contributed by atoms with Gasteiger partial charge in [-0.05, 0) is 42.3 Å². The molecule has 0 radical (unpaired) electrons. The minimum Gasteiger partial charge on any atom is -0.481 e. The standard InChI is InChI=1S/C14H12N2O/c1-10-6-11(9-15)8-12(7-10)13-4-3-5-16-14(13)17-2/h3-8H,1-2H3. The van der Waals surface area contributed by atoms with E-state index in [-0.39, 0.29) is 0 Å². The summed E-state index contributed by atoms with van der Waals surface area (Å²) in [7, 11) is 1.59. The highest BCUT2D eigenvalue weighted by atomic mass is 16.5. The Morgan fingerprint density at radius 2 is 2.12 bits per heavy atom. The Hall–Kier alpha value is -2.34. The fourth-order valence-electron chi connectivity index (χ4n) is 1.78. The van der Waals surface area contributed by atoms with Gasteiger partial charge in [0.25, 0.3) is 0 Å². The summed E-state index contributed by atoms with van der Waals surface area (Å²) in [6.07, 6.45) is 1.68. The van der Waals surface area contributed by atoms with Gasteiger partial charge in [-0.25, -0.2) is 4.98 Å². The van der Waals surface area contributed by atoms with Gasteiger partial charge in [-0.3, -0.25) is 0 Å². The molecule has 17 heavy (non-hydrogen) atoms. The first-order valence-corrected chi connectivity index (χ1v) is 5.26. The number of methoxy groups -OCH3 is 1. The summed E-state index contributed by atoms with van der Waals surface area (Å²) in [6.45, 7) is 1.97. The van der Waals surface area contributed by atoms with Gasteiger partial charge in [0.1, 0.15) is 0 Å². The van der Waals surface area contributed by atoms with Crippen LogP contribution in [0.25, 0.3) is 11.1 Å². The van der Waals surface area contributed by atoms with E-state index in [2.05, 4.69) is 11.1 Å². The quantitative estimate of drug-likeness (QED) is 0.787. The smallest absolute Gasteiger partial charge is 0.221 e. The third-order valence-electron chi connectivity index (χ3n) is 2.48. The molecular weight excluding hydrogens is 212 g/mol. The second-order valence-electron chi connectivity index (χ2n) is 3.76. The van der Waals surface area contributed by atoms with E-state index in [1.54, 1.807) is 13.3 Å². The molecule has 84 valence electrons. The number of nitriles is 1. The Kier molecular flexibility index (Phi) is 3.06. The van der Waals surface area contributed by atoms with E-state index in [9.17, 15) is 0 Å². The molecule has 0 saturated heterocycles. The lowest BCUT2D eigenvalue weighted by Crippen LogP contribution is -1.91. The fraction of sp³-hybridized carbons (Fsp3) is 0.143. The summed E-state index contributed by atoms with van der Waals surface area (Å²) in [4.78, 5) is 4.15. The van der Waals surface area contributed by atoms with Crippen molar-refractivity contribution in [2.24, 2.45) is 0 Å². The van der Waals surface area contributed by atoms with Crippen LogP contribution in [0.3, 0.4) is 0 Å². The average Bonchev–Trinajstić information content (AvgIpc) is 2.37. The van der Waals surface area contributed by atoms with E-state index in [1.807, 2.05) is 37.3 Å². The van der Waals surface area contributed by atoms with E-state index >= 15 is 0 Å². The summed E-state index contributed by atoms with van der Waals surface area (Å²) in [5.74, 6) is 0.571. The lowest BCUT2D eigenvalue weighted by atomic mass is 10.0. The van der Waals surface area contributed by atoms with Gasteiger partial charge in [-0.2, -0.15) is 5.26 Å². The number of hydrogen-bond donors (Lipinski definition) is 0. The van der Waals surface area contributed by atoms with Crippen LogP contribution in [0.5, 0.6) is 5.88 Å². The van der Waals surface area contributed by atoms with Gasteiger partial charge in [-0.15, -0.1) is 0 Å². The summed E-state index contributed by atoms with van der Waals surface area (Å²) in [6, 6.07) is 11.6. The summed E-state index contributed by atoms with van der Waals surface area (Å²) >= 11 is 0. The Morgan fingerprint density at radius 3 is 2.82 bits per heavy atom. The Morgan fingerprint density at radius 1 is 1.29 bits per heavy atom.